The van der Waals surface area contributed by atoms with E-state index in [1.807, 2.05) is 0 Å². The fourth-order valence-electron chi connectivity index (χ4n) is 3.96. The van der Waals surface area contributed by atoms with Crippen LogP contribution in [0.25, 0.3) is 6.08 Å². The van der Waals surface area contributed by atoms with Crippen LogP contribution >= 0.6 is 0 Å². The van der Waals surface area contributed by atoms with Crippen LogP contribution in [0.3, 0.4) is 0 Å². The third-order valence-corrected chi connectivity index (χ3v) is 5.82. The summed E-state index contributed by atoms with van der Waals surface area (Å²) in [5.41, 5.74) is 1.70. The summed E-state index contributed by atoms with van der Waals surface area (Å²) in [5.74, 6) is 1.53. The van der Waals surface area contributed by atoms with Gasteiger partial charge in [-0.1, -0.05) is 38.5 Å². The minimum Gasteiger partial charge on any atom is -0.872 e. The zero-order chi connectivity index (χ0) is 23.1. The van der Waals surface area contributed by atoms with Crippen molar-refractivity contribution in [3.63, 3.8) is 0 Å². The molecule has 32 heavy (non-hydrogen) atoms. The lowest BCUT2D eigenvalue weighted by atomic mass is 10.0. The lowest BCUT2D eigenvalue weighted by Crippen LogP contribution is -3.10. The smallest absolute Gasteiger partial charge is 0.231 e. The molecule has 0 aliphatic carbocycles. The molecule has 1 N–H and O–H groups in total. The minimum absolute atomic E-state index is 0.0812. The second kappa shape index (κ2) is 11.0. The van der Waals surface area contributed by atoms with Gasteiger partial charge in [0.2, 0.25) is 5.78 Å². The summed E-state index contributed by atoms with van der Waals surface area (Å²) in [6.45, 7) is 6.89. The molecule has 172 valence electrons. The van der Waals surface area contributed by atoms with E-state index >= 15 is 0 Å². The molecule has 0 amide bonds. The van der Waals surface area contributed by atoms with Crippen LogP contribution in [-0.2, 0) is 6.54 Å². The molecule has 3 rings (SSSR count). The second-order valence-corrected chi connectivity index (χ2v) is 8.10. The van der Waals surface area contributed by atoms with Gasteiger partial charge in [-0.05, 0) is 43.2 Å². The molecular weight excluding hydrogens is 406 g/mol. The Kier molecular flexibility index (Phi) is 8.17. The zero-order valence-electron chi connectivity index (χ0n) is 19.5. The number of rotatable bonds is 11. The maximum Gasteiger partial charge on any atom is 0.231 e. The average molecular weight is 440 g/mol. The maximum absolute atomic E-state index is 13.1. The summed E-state index contributed by atoms with van der Waals surface area (Å²) in [4.78, 5) is 14.4. The first-order chi connectivity index (χ1) is 15.5. The highest BCUT2D eigenvalue weighted by Gasteiger charge is 2.31. The molecule has 2 aromatic carbocycles. The monoisotopic (exact) mass is 439 g/mol. The van der Waals surface area contributed by atoms with Gasteiger partial charge in [0, 0.05) is 11.1 Å². The van der Waals surface area contributed by atoms with E-state index in [0.717, 1.165) is 38.8 Å². The van der Waals surface area contributed by atoms with E-state index in [4.69, 9.17) is 14.2 Å². The number of carbonyl (C=O) groups is 1. The Balaban J connectivity index is 1.94. The second-order valence-electron chi connectivity index (χ2n) is 8.10. The lowest BCUT2D eigenvalue weighted by molar-refractivity contribution is -0.914. The fraction of sp³-hybridized carbons (Fsp3) is 0.423. The van der Waals surface area contributed by atoms with E-state index in [1.165, 1.54) is 11.0 Å². The molecule has 0 atom stereocenters. The number of nitrogens with one attached hydrogen (secondary N) is 1. The number of benzene rings is 2. The molecule has 6 nitrogen and oxygen atoms in total. The van der Waals surface area contributed by atoms with Crippen molar-refractivity contribution in [2.45, 2.75) is 46.1 Å². The maximum atomic E-state index is 13.1. The van der Waals surface area contributed by atoms with Crippen LogP contribution in [0.4, 0.5) is 0 Å². The molecule has 1 heterocycles. The number of Topliss-reactive ketones (excluding diaryl/α,β-unsaturated/α-hetero) is 1. The molecule has 0 bridgehead atoms. The molecule has 1 aliphatic heterocycles. The molecule has 0 spiro atoms. The summed E-state index contributed by atoms with van der Waals surface area (Å²) in [5, 5.41) is 12.8. The summed E-state index contributed by atoms with van der Waals surface area (Å²) in [7, 11) is 3.15. The van der Waals surface area contributed by atoms with Crippen molar-refractivity contribution in [1.82, 2.24) is 0 Å². The van der Waals surface area contributed by atoms with E-state index in [1.54, 1.807) is 44.6 Å². The number of unbranched alkanes of at least 4 members (excludes halogenated alkanes) is 2. The van der Waals surface area contributed by atoms with Gasteiger partial charge in [-0.2, -0.15) is 0 Å². The van der Waals surface area contributed by atoms with Crippen molar-refractivity contribution in [2.24, 2.45) is 0 Å². The quantitative estimate of drug-likeness (QED) is 0.544. The van der Waals surface area contributed by atoms with E-state index < -0.39 is 0 Å². The number of hydrogen-bond donors (Lipinski definition) is 1. The predicted molar refractivity (Wildman–Crippen MR) is 123 cm³/mol. The van der Waals surface area contributed by atoms with Crippen molar-refractivity contribution in [2.75, 3.05) is 27.3 Å². The van der Waals surface area contributed by atoms with Gasteiger partial charge in [0.15, 0.2) is 5.76 Å². The molecule has 2 aromatic rings. The largest absolute Gasteiger partial charge is 0.872 e. The number of hydrogen-bond acceptors (Lipinski definition) is 5. The Morgan fingerprint density at radius 3 is 2.38 bits per heavy atom. The summed E-state index contributed by atoms with van der Waals surface area (Å²) >= 11 is 0. The Morgan fingerprint density at radius 2 is 1.75 bits per heavy atom. The van der Waals surface area contributed by atoms with Gasteiger partial charge in [0.1, 0.15) is 23.8 Å². The van der Waals surface area contributed by atoms with Crippen LogP contribution in [-0.4, -0.2) is 33.1 Å². The highest BCUT2D eigenvalue weighted by molar-refractivity contribution is 6.15. The molecule has 0 fully saturated rings. The van der Waals surface area contributed by atoms with Crippen molar-refractivity contribution in [3.05, 3.63) is 52.8 Å². The molecule has 0 aromatic heterocycles. The van der Waals surface area contributed by atoms with Crippen LogP contribution in [0.15, 0.2) is 36.1 Å². The summed E-state index contributed by atoms with van der Waals surface area (Å²) in [6, 6.07) is 8.42. The number of allylic oxidation sites excluding steroid dienone is 1. The van der Waals surface area contributed by atoms with Crippen molar-refractivity contribution < 1.29 is 29.0 Å². The normalized spacial score (nSPS) is 14.0. The Hall–Kier alpha value is -2.99. The van der Waals surface area contributed by atoms with Gasteiger partial charge in [-0.3, -0.25) is 4.79 Å². The molecular formula is C26H33NO5. The highest BCUT2D eigenvalue weighted by atomic mass is 16.5. The zero-order valence-corrected chi connectivity index (χ0v) is 19.5. The number of ether oxygens (including phenoxy) is 3. The van der Waals surface area contributed by atoms with Crippen molar-refractivity contribution in [3.8, 4) is 23.0 Å². The third kappa shape index (κ3) is 5.25. The van der Waals surface area contributed by atoms with Crippen molar-refractivity contribution >= 4 is 11.9 Å². The first-order valence-corrected chi connectivity index (χ1v) is 11.3. The Labute approximate surface area is 190 Å². The van der Waals surface area contributed by atoms with Crippen LogP contribution < -0.4 is 24.2 Å². The topological polar surface area (TPSA) is 72.3 Å². The highest BCUT2D eigenvalue weighted by Crippen LogP contribution is 2.39. The summed E-state index contributed by atoms with van der Waals surface area (Å²) < 4.78 is 16.7. The number of ketones is 1. The van der Waals surface area contributed by atoms with Crippen LogP contribution in [0, 0.1) is 0 Å². The molecule has 0 saturated carbocycles. The van der Waals surface area contributed by atoms with E-state index in [-0.39, 0.29) is 17.3 Å². The summed E-state index contributed by atoms with van der Waals surface area (Å²) in [6.07, 6.45) is 6.07. The van der Waals surface area contributed by atoms with Gasteiger partial charge in [0.05, 0.1) is 32.9 Å². The predicted octanol–water partition coefficient (Wildman–Crippen LogP) is 3.38. The van der Waals surface area contributed by atoms with Gasteiger partial charge in [-0.25, -0.2) is 0 Å². The molecule has 6 heteroatoms. The van der Waals surface area contributed by atoms with Gasteiger partial charge in [0.25, 0.3) is 0 Å². The standard InChI is InChI=1S/C26H33NO5/c1-5-7-13-27(14-8-6-2)17-21-22(28)11-10-20-25(29)24(32-26(20)21)16-18-15-19(30-3)9-12-23(18)31-4/h9-12,15-16,28H,5-8,13-14,17H2,1-4H3. The fourth-order valence-corrected chi connectivity index (χ4v) is 3.96. The number of carbonyl (C=O) groups excluding carboxylic acids is 1. The molecule has 1 aliphatic rings. The van der Waals surface area contributed by atoms with Gasteiger partial charge in [-0.15, -0.1) is 0 Å². The van der Waals surface area contributed by atoms with Crippen molar-refractivity contribution in [1.29, 1.82) is 0 Å². The average Bonchev–Trinajstić information content (AvgIpc) is 3.12. The van der Waals surface area contributed by atoms with Gasteiger partial charge >= 0.3 is 0 Å². The lowest BCUT2D eigenvalue weighted by Gasteiger charge is -2.23. The van der Waals surface area contributed by atoms with E-state index in [2.05, 4.69) is 13.8 Å². The molecule has 0 unspecified atom stereocenters. The van der Waals surface area contributed by atoms with Gasteiger partial charge < -0.3 is 24.2 Å². The Bertz CT molecular complexity index is 974. The Morgan fingerprint density at radius 1 is 1.03 bits per heavy atom. The number of methoxy groups -OCH3 is 2. The minimum atomic E-state index is -0.227. The van der Waals surface area contributed by atoms with Crippen LogP contribution in [0.1, 0.15) is 61.0 Å². The molecule has 0 radical (unpaired) electrons. The van der Waals surface area contributed by atoms with E-state index in [9.17, 15) is 9.90 Å². The molecule has 0 saturated heterocycles. The SMILES string of the molecule is CCCC[NH+](CCCC)Cc1c([O-])ccc2c1OC(=Cc1cc(OC)ccc1OC)C2=O. The first-order valence-electron chi connectivity index (χ1n) is 11.3. The number of quaternary nitrogens is 1. The number of fused-ring (bicyclic) bond motifs is 1. The van der Waals surface area contributed by atoms with E-state index in [0.29, 0.717) is 40.5 Å². The first kappa shape index (κ1) is 23.7. The van der Waals surface area contributed by atoms with Crippen LogP contribution in [0.2, 0.25) is 0 Å². The third-order valence-electron chi connectivity index (χ3n) is 5.82. The van der Waals surface area contributed by atoms with Crippen LogP contribution in [0.5, 0.6) is 23.0 Å².